The summed E-state index contributed by atoms with van der Waals surface area (Å²) in [4.78, 5) is 15.1. The fraction of sp³-hybridized carbons (Fsp3) is 0.154. The Bertz CT molecular complexity index is 796. The van der Waals surface area contributed by atoms with Crippen LogP contribution in [-0.4, -0.2) is 38.0 Å². The number of rotatable bonds is 4. The van der Waals surface area contributed by atoms with Crippen LogP contribution in [0.3, 0.4) is 0 Å². The predicted octanol–water partition coefficient (Wildman–Crippen LogP) is 1.82. The second-order valence-electron chi connectivity index (χ2n) is 4.27. The summed E-state index contributed by atoms with van der Waals surface area (Å²) < 4.78 is 11.5. The first-order valence-electron chi connectivity index (χ1n) is 6.22. The van der Waals surface area contributed by atoms with Crippen LogP contribution in [0, 0.1) is 0 Å². The lowest BCUT2D eigenvalue weighted by atomic mass is 10.2. The highest BCUT2D eigenvalue weighted by Gasteiger charge is 2.13. The number of methoxy groups -OCH3 is 1. The summed E-state index contributed by atoms with van der Waals surface area (Å²) in [5, 5.41) is 12.5. The van der Waals surface area contributed by atoms with Gasteiger partial charge < -0.3 is 9.15 Å². The second-order valence-corrected chi connectivity index (χ2v) is 4.70. The highest BCUT2D eigenvalue weighted by atomic mass is 35.5. The van der Waals surface area contributed by atoms with E-state index in [2.05, 4.69) is 25.0 Å². The van der Waals surface area contributed by atoms with E-state index < -0.39 is 5.97 Å². The lowest BCUT2D eigenvalue weighted by Gasteiger charge is -1.95. The van der Waals surface area contributed by atoms with Gasteiger partial charge in [-0.1, -0.05) is 11.6 Å². The molecule has 0 radical (unpaired) electrons. The fourth-order valence-electron chi connectivity index (χ4n) is 1.72. The molecule has 0 aliphatic heterocycles. The lowest BCUT2D eigenvalue weighted by Crippen LogP contribution is -2.06. The smallest absolute Gasteiger partial charge is 0.377 e. The fourth-order valence-corrected chi connectivity index (χ4v) is 1.85. The van der Waals surface area contributed by atoms with Gasteiger partial charge in [-0.2, -0.15) is 0 Å². The Morgan fingerprint density at radius 2 is 2.09 bits per heavy atom. The highest BCUT2D eigenvalue weighted by molar-refractivity contribution is 6.30. The summed E-state index contributed by atoms with van der Waals surface area (Å²) >= 11 is 5.83. The molecule has 0 saturated carbocycles. The first-order chi connectivity index (χ1) is 10.7. The summed E-state index contributed by atoms with van der Waals surface area (Å²) in [5.74, 6) is 0.0808. The van der Waals surface area contributed by atoms with Gasteiger partial charge in [0.05, 0.1) is 7.11 Å². The van der Waals surface area contributed by atoms with Gasteiger partial charge in [0.1, 0.15) is 12.9 Å². The van der Waals surface area contributed by atoms with Crippen LogP contribution in [0.4, 0.5) is 0 Å². The minimum absolute atomic E-state index is 0.0278. The van der Waals surface area contributed by atoms with Crippen molar-refractivity contribution in [3.05, 3.63) is 47.3 Å². The van der Waals surface area contributed by atoms with E-state index in [-0.39, 0.29) is 12.4 Å². The van der Waals surface area contributed by atoms with Crippen LogP contribution in [0.25, 0.3) is 11.5 Å². The topological polar surface area (TPSA) is 95.9 Å². The van der Waals surface area contributed by atoms with Gasteiger partial charge in [0.2, 0.25) is 11.8 Å². The molecule has 0 fully saturated rings. The highest BCUT2D eigenvalue weighted by Crippen LogP contribution is 2.20. The largest absolute Gasteiger partial charge is 0.463 e. The number of carbonyl (C=O) groups is 1. The van der Waals surface area contributed by atoms with Crippen LogP contribution in [0.1, 0.15) is 16.5 Å². The molecule has 112 valence electrons. The Balaban J connectivity index is 1.75. The van der Waals surface area contributed by atoms with Crippen molar-refractivity contribution in [1.82, 2.24) is 25.0 Å². The number of benzene rings is 1. The van der Waals surface area contributed by atoms with E-state index in [0.29, 0.717) is 16.8 Å². The van der Waals surface area contributed by atoms with E-state index in [1.165, 1.54) is 18.1 Å². The summed E-state index contributed by atoms with van der Waals surface area (Å²) in [6.45, 7) is 0.199. The van der Waals surface area contributed by atoms with Gasteiger partial charge in [0, 0.05) is 10.6 Å². The molecule has 0 spiro atoms. The summed E-state index contributed by atoms with van der Waals surface area (Å²) in [7, 11) is 1.26. The van der Waals surface area contributed by atoms with Crippen molar-refractivity contribution in [3.8, 4) is 11.5 Å². The summed E-state index contributed by atoms with van der Waals surface area (Å²) in [5.41, 5.74) is 0.761. The maximum atomic E-state index is 11.3. The Morgan fingerprint density at radius 3 is 2.82 bits per heavy atom. The molecule has 0 aliphatic carbocycles. The van der Waals surface area contributed by atoms with Gasteiger partial charge in [-0.05, 0) is 24.3 Å². The minimum atomic E-state index is -0.605. The minimum Gasteiger partial charge on any atom is -0.463 e. The van der Waals surface area contributed by atoms with Gasteiger partial charge in [0.15, 0.2) is 0 Å². The lowest BCUT2D eigenvalue weighted by molar-refractivity contribution is 0.0586. The van der Waals surface area contributed by atoms with E-state index >= 15 is 0 Å². The summed E-state index contributed by atoms with van der Waals surface area (Å²) in [6, 6.07) is 7.04. The van der Waals surface area contributed by atoms with Crippen LogP contribution < -0.4 is 0 Å². The Hall–Kier alpha value is -2.74. The van der Waals surface area contributed by atoms with Crippen LogP contribution in [0.15, 0.2) is 35.0 Å². The van der Waals surface area contributed by atoms with E-state index in [1.807, 2.05) is 0 Å². The average Bonchev–Trinajstić information content (AvgIpc) is 3.17. The van der Waals surface area contributed by atoms with Crippen molar-refractivity contribution in [2.24, 2.45) is 0 Å². The molecule has 0 saturated heterocycles. The number of nitrogens with zero attached hydrogens (tertiary/aromatic N) is 5. The monoisotopic (exact) mass is 319 g/mol. The van der Waals surface area contributed by atoms with Gasteiger partial charge in [-0.15, -0.1) is 15.3 Å². The normalized spacial score (nSPS) is 10.6. The molecule has 0 amide bonds. The maximum absolute atomic E-state index is 11.3. The standard InChI is InChI=1S/C13H10ClN5O3/c1-21-13(20)11-15-7-19(18-11)6-10-16-17-12(22-10)8-2-4-9(14)5-3-8/h2-5,7H,6H2,1H3. The molecule has 1 aromatic carbocycles. The van der Waals surface area contributed by atoms with Crippen LogP contribution >= 0.6 is 11.6 Å². The molecule has 0 aliphatic rings. The molecule has 2 heterocycles. The van der Waals surface area contributed by atoms with Gasteiger partial charge in [-0.3, -0.25) is 0 Å². The quantitative estimate of drug-likeness (QED) is 0.677. The van der Waals surface area contributed by atoms with Gasteiger partial charge in [0.25, 0.3) is 5.82 Å². The van der Waals surface area contributed by atoms with Crippen LogP contribution in [-0.2, 0) is 11.3 Å². The molecule has 0 bridgehead atoms. The summed E-state index contributed by atoms with van der Waals surface area (Å²) in [6.07, 6.45) is 1.39. The van der Waals surface area contributed by atoms with Gasteiger partial charge in [-0.25, -0.2) is 14.5 Å². The molecule has 3 aromatic rings. The van der Waals surface area contributed by atoms with Crippen molar-refractivity contribution in [2.45, 2.75) is 6.54 Å². The SMILES string of the molecule is COC(=O)c1ncn(Cc2nnc(-c3ccc(Cl)cc3)o2)n1. The molecule has 22 heavy (non-hydrogen) atoms. The number of aromatic nitrogens is 5. The molecule has 8 nitrogen and oxygen atoms in total. The molecule has 0 unspecified atom stereocenters. The van der Waals surface area contributed by atoms with Crippen LogP contribution in [0.2, 0.25) is 5.02 Å². The molecule has 3 rings (SSSR count). The molecule has 0 atom stereocenters. The first kappa shape index (κ1) is 14.2. The van der Waals surface area contributed by atoms with Crippen molar-refractivity contribution < 1.29 is 13.9 Å². The van der Waals surface area contributed by atoms with E-state index in [1.54, 1.807) is 24.3 Å². The molecule has 2 aromatic heterocycles. The zero-order chi connectivity index (χ0) is 15.5. The molecule has 9 heteroatoms. The number of halogens is 1. The average molecular weight is 320 g/mol. The Morgan fingerprint density at radius 1 is 1.32 bits per heavy atom. The zero-order valence-electron chi connectivity index (χ0n) is 11.4. The number of hydrogen-bond donors (Lipinski definition) is 0. The third-order valence-electron chi connectivity index (χ3n) is 2.76. The number of esters is 1. The van der Waals surface area contributed by atoms with Gasteiger partial charge >= 0.3 is 5.97 Å². The van der Waals surface area contributed by atoms with Crippen molar-refractivity contribution in [1.29, 1.82) is 0 Å². The molecule has 0 N–H and O–H groups in total. The van der Waals surface area contributed by atoms with Crippen LogP contribution in [0.5, 0.6) is 0 Å². The second kappa shape index (κ2) is 5.94. The third-order valence-corrected chi connectivity index (χ3v) is 3.01. The van der Waals surface area contributed by atoms with Crippen molar-refractivity contribution in [3.63, 3.8) is 0 Å². The maximum Gasteiger partial charge on any atom is 0.377 e. The predicted molar refractivity (Wildman–Crippen MR) is 75.2 cm³/mol. The third kappa shape index (κ3) is 2.96. The zero-order valence-corrected chi connectivity index (χ0v) is 12.2. The number of hydrogen-bond acceptors (Lipinski definition) is 7. The molecular formula is C13H10ClN5O3. The first-order valence-corrected chi connectivity index (χ1v) is 6.59. The number of carbonyl (C=O) groups excluding carboxylic acids is 1. The van der Waals surface area contributed by atoms with Crippen molar-refractivity contribution in [2.75, 3.05) is 7.11 Å². The Labute approximate surface area is 129 Å². The number of ether oxygens (including phenoxy) is 1. The van der Waals surface area contributed by atoms with E-state index in [4.69, 9.17) is 16.0 Å². The Kier molecular flexibility index (Phi) is 3.84. The van der Waals surface area contributed by atoms with Crippen molar-refractivity contribution >= 4 is 17.6 Å². The molecular weight excluding hydrogens is 310 g/mol. The van der Waals surface area contributed by atoms with E-state index in [0.717, 1.165) is 5.56 Å². The van der Waals surface area contributed by atoms with E-state index in [9.17, 15) is 4.79 Å².